The largest absolute Gasteiger partial charge is 0.345 e. The normalized spacial score (nSPS) is 21.7. The molecule has 2 N–H and O–H groups in total. The molecule has 0 bridgehead atoms. The van der Waals surface area contributed by atoms with E-state index in [0.29, 0.717) is 37.2 Å². The van der Waals surface area contributed by atoms with Gasteiger partial charge in [0.2, 0.25) is 15.9 Å². The molecule has 2 fully saturated rings. The zero-order chi connectivity index (χ0) is 17.4. The fourth-order valence-corrected chi connectivity index (χ4v) is 5.12. The molecule has 2 aliphatic heterocycles. The number of hydrogen-bond donors (Lipinski definition) is 2. The van der Waals surface area contributed by atoms with Crippen LogP contribution in [0.15, 0.2) is 29.4 Å². The maximum Gasteiger partial charge on any atom is 0.245 e. The molecule has 0 radical (unpaired) electrons. The van der Waals surface area contributed by atoms with E-state index in [-0.39, 0.29) is 29.3 Å². The van der Waals surface area contributed by atoms with Gasteiger partial charge in [-0.05, 0) is 31.5 Å². The van der Waals surface area contributed by atoms with Crippen LogP contribution in [-0.4, -0.2) is 72.3 Å². The Balaban J connectivity index is 0.00000196. The van der Waals surface area contributed by atoms with Gasteiger partial charge >= 0.3 is 0 Å². The SMILES string of the molecule is Cl.O=C(C1CCCN1)N1CCN(S(=O)(=O)c2c[nH]c3ncccc23)CC1. The average Bonchev–Trinajstić information content (AvgIpc) is 3.31. The maximum absolute atomic E-state index is 13.0. The minimum Gasteiger partial charge on any atom is -0.345 e. The summed E-state index contributed by atoms with van der Waals surface area (Å²) in [4.78, 5) is 21.5. The van der Waals surface area contributed by atoms with Crippen LogP contribution in [0.2, 0.25) is 0 Å². The molecule has 4 heterocycles. The molecule has 2 aliphatic rings. The van der Waals surface area contributed by atoms with Crippen LogP contribution in [0.5, 0.6) is 0 Å². The Labute approximate surface area is 158 Å². The summed E-state index contributed by atoms with van der Waals surface area (Å²) in [5.74, 6) is 0.0887. The lowest BCUT2D eigenvalue weighted by atomic mass is 10.2. The molecule has 26 heavy (non-hydrogen) atoms. The van der Waals surface area contributed by atoms with Crippen LogP contribution >= 0.6 is 12.4 Å². The van der Waals surface area contributed by atoms with Crippen molar-refractivity contribution in [1.82, 2.24) is 24.5 Å². The zero-order valence-electron chi connectivity index (χ0n) is 14.2. The molecule has 2 saturated heterocycles. The van der Waals surface area contributed by atoms with Gasteiger partial charge in [0.05, 0.1) is 6.04 Å². The van der Waals surface area contributed by atoms with Crippen molar-refractivity contribution in [1.29, 1.82) is 0 Å². The van der Waals surface area contributed by atoms with Crippen LogP contribution in [0, 0.1) is 0 Å². The summed E-state index contributed by atoms with van der Waals surface area (Å²) < 4.78 is 27.4. The van der Waals surface area contributed by atoms with Crippen molar-refractivity contribution < 1.29 is 13.2 Å². The zero-order valence-corrected chi connectivity index (χ0v) is 15.9. The molecule has 2 aromatic rings. The van der Waals surface area contributed by atoms with E-state index in [2.05, 4.69) is 15.3 Å². The lowest BCUT2D eigenvalue weighted by Crippen LogP contribution is -2.54. The first kappa shape index (κ1) is 19.1. The van der Waals surface area contributed by atoms with E-state index in [4.69, 9.17) is 0 Å². The number of hydrogen-bond acceptors (Lipinski definition) is 5. The van der Waals surface area contributed by atoms with Crippen LogP contribution in [-0.2, 0) is 14.8 Å². The van der Waals surface area contributed by atoms with Crippen molar-refractivity contribution in [2.45, 2.75) is 23.8 Å². The van der Waals surface area contributed by atoms with E-state index in [1.165, 1.54) is 10.5 Å². The standard InChI is InChI=1S/C16H21N5O3S.ClH/c22-16(13-4-2-5-17-13)20-7-9-21(10-8-20)25(23,24)14-11-19-15-12(14)3-1-6-18-15;/h1,3,6,11,13,17H,2,4-5,7-10H2,(H,18,19);1H. The minimum absolute atomic E-state index is 0. The van der Waals surface area contributed by atoms with Crippen molar-refractivity contribution in [2.24, 2.45) is 0 Å². The number of carbonyl (C=O) groups excluding carboxylic acids is 1. The third-order valence-electron chi connectivity index (χ3n) is 4.94. The fourth-order valence-electron chi connectivity index (χ4n) is 3.55. The second-order valence-corrected chi connectivity index (χ2v) is 8.34. The number of carbonyl (C=O) groups is 1. The van der Waals surface area contributed by atoms with E-state index < -0.39 is 10.0 Å². The maximum atomic E-state index is 13.0. The molecule has 142 valence electrons. The molecule has 0 spiro atoms. The Bertz CT molecular complexity index is 886. The number of aromatic amines is 1. The summed E-state index contributed by atoms with van der Waals surface area (Å²) in [5.41, 5.74) is 0.558. The summed E-state index contributed by atoms with van der Waals surface area (Å²) in [6.07, 6.45) is 4.99. The number of amides is 1. The first-order valence-electron chi connectivity index (χ1n) is 8.52. The third-order valence-corrected chi connectivity index (χ3v) is 6.88. The molecule has 1 unspecified atom stereocenters. The fraction of sp³-hybridized carbons (Fsp3) is 0.500. The van der Waals surface area contributed by atoms with Crippen LogP contribution in [0.4, 0.5) is 0 Å². The summed E-state index contributed by atoms with van der Waals surface area (Å²) >= 11 is 0. The van der Waals surface area contributed by atoms with E-state index in [9.17, 15) is 13.2 Å². The highest BCUT2D eigenvalue weighted by Gasteiger charge is 2.34. The van der Waals surface area contributed by atoms with Gasteiger partial charge in [-0.1, -0.05) is 0 Å². The second kappa shape index (κ2) is 7.51. The topological polar surface area (TPSA) is 98.4 Å². The first-order chi connectivity index (χ1) is 12.1. The molecule has 0 aromatic carbocycles. The monoisotopic (exact) mass is 399 g/mol. The van der Waals surface area contributed by atoms with Crippen molar-refractivity contribution in [3.63, 3.8) is 0 Å². The molecule has 8 nitrogen and oxygen atoms in total. The van der Waals surface area contributed by atoms with Crippen molar-refractivity contribution in [3.05, 3.63) is 24.5 Å². The molecular weight excluding hydrogens is 378 g/mol. The average molecular weight is 400 g/mol. The predicted octanol–water partition coefficient (Wildman–Crippen LogP) is 0.570. The summed E-state index contributed by atoms with van der Waals surface area (Å²) in [6.45, 7) is 2.36. The number of fused-ring (bicyclic) bond motifs is 1. The van der Waals surface area contributed by atoms with Crippen molar-refractivity contribution in [3.8, 4) is 0 Å². The van der Waals surface area contributed by atoms with Crippen LogP contribution in [0.3, 0.4) is 0 Å². The number of halogens is 1. The highest BCUT2D eigenvalue weighted by molar-refractivity contribution is 7.89. The molecular formula is C16H22ClN5O3S. The van der Waals surface area contributed by atoms with Gasteiger partial charge in [-0.15, -0.1) is 12.4 Å². The molecule has 10 heteroatoms. The summed E-state index contributed by atoms with van der Waals surface area (Å²) in [7, 11) is -3.60. The number of H-pyrrole nitrogens is 1. The van der Waals surface area contributed by atoms with Gasteiger partial charge in [-0.2, -0.15) is 4.31 Å². The van der Waals surface area contributed by atoms with E-state index >= 15 is 0 Å². The number of nitrogens with one attached hydrogen (secondary N) is 2. The summed E-state index contributed by atoms with van der Waals surface area (Å²) in [6, 6.07) is 3.36. The van der Waals surface area contributed by atoms with Crippen molar-refractivity contribution >= 4 is 39.4 Å². The number of aromatic nitrogens is 2. The molecule has 2 aromatic heterocycles. The first-order valence-corrected chi connectivity index (χ1v) is 9.96. The highest BCUT2D eigenvalue weighted by atomic mass is 35.5. The Kier molecular flexibility index (Phi) is 5.52. The number of rotatable bonds is 3. The second-order valence-electron chi connectivity index (χ2n) is 6.43. The molecule has 0 aliphatic carbocycles. The number of pyridine rings is 1. The lowest BCUT2D eigenvalue weighted by Gasteiger charge is -2.35. The molecule has 4 rings (SSSR count). The number of nitrogens with zero attached hydrogens (tertiary/aromatic N) is 3. The Morgan fingerprint density at radius 1 is 1.23 bits per heavy atom. The van der Waals surface area contributed by atoms with E-state index in [1.807, 2.05) is 0 Å². The quantitative estimate of drug-likeness (QED) is 0.786. The van der Waals surface area contributed by atoms with Gasteiger partial charge in [-0.3, -0.25) is 4.79 Å². The third kappa shape index (κ3) is 3.32. The predicted molar refractivity (Wildman–Crippen MR) is 99.7 cm³/mol. The molecule has 1 amide bonds. The van der Waals surface area contributed by atoms with Gasteiger partial charge in [0.25, 0.3) is 0 Å². The van der Waals surface area contributed by atoms with Crippen LogP contribution in [0.1, 0.15) is 12.8 Å². The number of sulfonamides is 1. The summed E-state index contributed by atoms with van der Waals surface area (Å²) in [5, 5.41) is 3.80. The van der Waals surface area contributed by atoms with Crippen LogP contribution < -0.4 is 5.32 Å². The smallest absolute Gasteiger partial charge is 0.245 e. The van der Waals surface area contributed by atoms with Crippen molar-refractivity contribution in [2.75, 3.05) is 32.7 Å². The van der Waals surface area contributed by atoms with E-state index in [1.54, 1.807) is 23.2 Å². The molecule has 1 atom stereocenters. The van der Waals surface area contributed by atoms with E-state index in [0.717, 1.165) is 19.4 Å². The lowest BCUT2D eigenvalue weighted by molar-refractivity contribution is -0.134. The molecule has 0 saturated carbocycles. The minimum atomic E-state index is -3.60. The van der Waals surface area contributed by atoms with Crippen LogP contribution in [0.25, 0.3) is 11.0 Å². The van der Waals surface area contributed by atoms with Gasteiger partial charge in [0.15, 0.2) is 0 Å². The Morgan fingerprint density at radius 3 is 2.69 bits per heavy atom. The Hall–Kier alpha value is -1.68. The van der Waals surface area contributed by atoms with Gasteiger partial charge in [-0.25, -0.2) is 13.4 Å². The Morgan fingerprint density at radius 2 is 2.00 bits per heavy atom. The number of piperazine rings is 1. The van der Waals surface area contributed by atoms with Gasteiger partial charge in [0, 0.05) is 44.0 Å². The van der Waals surface area contributed by atoms with Gasteiger partial charge < -0.3 is 15.2 Å². The highest BCUT2D eigenvalue weighted by Crippen LogP contribution is 2.25. The van der Waals surface area contributed by atoms with Gasteiger partial charge in [0.1, 0.15) is 10.5 Å².